The Kier molecular flexibility index (Phi) is 4.49. The molecule has 4 nitrogen and oxygen atoms in total. The van der Waals surface area contributed by atoms with Gasteiger partial charge < -0.3 is 20.9 Å². The van der Waals surface area contributed by atoms with Crippen LogP contribution in [0.5, 0.6) is 0 Å². The van der Waals surface area contributed by atoms with Gasteiger partial charge in [0, 0.05) is 22.0 Å². The zero-order valence-corrected chi connectivity index (χ0v) is 11.2. The third-order valence-corrected chi connectivity index (χ3v) is 3.71. The van der Waals surface area contributed by atoms with E-state index >= 15 is 0 Å². The van der Waals surface area contributed by atoms with Crippen molar-refractivity contribution < 1.29 is 0 Å². The molecule has 6 heteroatoms. The second kappa shape index (κ2) is 6.32. The van der Waals surface area contributed by atoms with E-state index in [9.17, 15) is 0 Å². The standard InChI is InChI=1S/C12H14N4S2/c13-9-5-1-3-7-11(9)15-17-18-16-12-8-4-2-6-10(12)14/h1-8,15-16H,13-14H2. The summed E-state index contributed by atoms with van der Waals surface area (Å²) in [6.07, 6.45) is 0. The number of hydrogen-bond acceptors (Lipinski definition) is 6. The van der Waals surface area contributed by atoms with Gasteiger partial charge in [-0.3, -0.25) is 0 Å². The fourth-order valence-electron chi connectivity index (χ4n) is 1.31. The quantitative estimate of drug-likeness (QED) is 0.290. The summed E-state index contributed by atoms with van der Waals surface area (Å²) in [4.78, 5) is 0. The van der Waals surface area contributed by atoms with Crippen molar-refractivity contribution in [2.45, 2.75) is 0 Å². The lowest BCUT2D eigenvalue weighted by molar-refractivity contribution is 1.66. The van der Waals surface area contributed by atoms with Crippen molar-refractivity contribution in [3.05, 3.63) is 48.5 Å². The molecule has 0 aliphatic rings. The highest BCUT2D eigenvalue weighted by Crippen LogP contribution is 2.30. The molecular weight excluding hydrogens is 264 g/mol. The smallest absolute Gasteiger partial charge is 0.0679 e. The van der Waals surface area contributed by atoms with Crippen LogP contribution in [0.2, 0.25) is 0 Å². The van der Waals surface area contributed by atoms with E-state index in [1.807, 2.05) is 48.5 Å². The Labute approximate surface area is 114 Å². The molecule has 0 aliphatic heterocycles. The summed E-state index contributed by atoms with van der Waals surface area (Å²) in [5.74, 6) is 0. The molecule has 0 radical (unpaired) electrons. The minimum atomic E-state index is 0.727. The summed E-state index contributed by atoms with van der Waals surface area (Å²) in [7, 11) is 2.89. The SMILES string of the molecule is Nc1ccccc1NSSNc1ccccc1N. The molecule has 0 bridgehead atoms. The van der Waals surface area contributed by atoms with E-state index in [4.69, 9.17) is 11.5 Å². The van der Waals surface area contributed by atoms with Crippen molar-refractivity contribution in [2.24, 2.45) is 0 Å². The highest BCUT2D eigenvalue weighted by molar-refractivity contribution is 8.77. The van der Waals surface area contributed by atoms with Gasteiger partial charge in [-0.15, -0.1) is 0 Å². The summed E-state index contributed by atoms with van der Waals surface area (Å²) >= 11 is 0. The van der Waals surface area contributed by atoms with Gasteiger partial charge in [-0.1, -0.05) is 24.3 Å². The van der Waals surface area contributed by atoms with Crippen LogP contribution in [0, 0.1) is 0 Å². The van der Waals surface area contributed by atoms with Crippen LogP contribution >= 0.6 is 22.0 Å². The Hall–Kier alpha value is -1.66. The molecule has 0 unspecified atom stereocenters. The predicted molar refractivity (Wildman–Crippen MR) is 84.1 cm³/mol. The molecule has 2 rings (SSSR count). The first-order chi connectivity index (χ1) is 8.77. The Morgan fingerprint density at radius 3 is 1.44 bits per heavy atom. The second-order valence-corrected chi connectivity index (χ2v) is 5.29. The van der Waals surface area contributed by atoms with Crippen LogP contribution in [-0.4, -0.2) is 0 Å². The van der Waals surface area contributed by atoms with Gasteiger partial charge >= 0.3 is 0 Å². The first-order valence-corrected chi connectivity index (χ1v) is 7.46. The fraction of sp³-hybridized carbons (Fsp3) is 0. The van der Waals surface area contributed by atoms with Gasteiger partial charge in [0.15, 0.2) is 0 Å². The van der Waals surface area contributed by atoms with Crippen molar-refractivity contribution in [1.29, 1.82) is 0 Å². The molecule has 0 atom stereocenters. The van der Waals surface area contributed by atoms with Crippen molar-refractivity contribution >= 4 is 44.7 Å². The van der Waals surface area contributed by atoms with Gasteiger partial charge in [-0.25, -0.2) is 0 Å². The normalized spacial score (nSPS) is 10.0. The highest BCUT2D eigenvalue weighted by atomic mass is 33.1. The average molecular weight is 278 g/mol. The third kappa shape index (κ3) is 3.41. The maximum Gasteiger partial charge on any atom is 0.0679 e. The lowest BCUT2D eigenvalue weighted by atomic mass is 10.3. The molecular formula is C12H14N4S2. The van der Waals surface area contributed by atoms with E-state index in [0.717, 1.165) is 22.7 Å². The summed E-state index contributed by atoms with van der Waals surface area (Å²) in [6.45, 7) is 0. The largest absolute Gasteiger partial charge is 0.397 e. The molecule has 2 aromatic rings. The molecule has 6 N–H and O–H groups in total. The minimum Gasteiger partial charge on any atom is -0.397 e. The minimum absolute atomic E-state index is 0.727. The average Bonchev–Trinajstić information content (AvgIpc) is 2.38. The number of nitrogens with one attached hydrogen (secondary N) is 2. The molecule has 0 saturated heterocycles. The Bertz CT molecular complexity index is 471. The van der Waals surface area contributed by atoms with Crippen LogP contribution in [0.25, 0.3) is 0 Å². The van der Waals surface area contributed by atoms with Crippen molar-refractivity contribution in [1.82, 2.24) is 0 Å². The third-order valence-electron chi connectivity index (χ3n) is 2.27. The molecule has 0 aromatic heterocycles. The number of hydrogen-bond donors (Lipinski definition) is 4. The van der Waals surface area contributed by atoms with Crippen LogP contribution in [0.1, 0.15) is 0 Å². The van der Waals surface area contributed by atoms with E-state index in [-0.39, 0.29) is 0 Å². The number of anilines is 4. The van der Waals surface area contributed by atoms with Crippen molar-refractivity contribution in [3.8, 4) is 0 Å². The number of para-hydroxylation sites is 4. The van der Waals surface area contributed by atoms with Crippen LogP contribution in [-0.2, 0) is 0 Å². The van der Waals surface area contributed by atoms with E-state index in [1.54, 1.807) is 0 Å². The summed E-state index contributed by atoms with van der Waals surface area (Å²) in [6, 6.07) is 15.3. The zero-order chi connectivity index (χ0) is 12.8. The van der Waals surface area contributed by atoms with E-state index in [1.165, 1.54) is 22.0 Å². The maximum absolute atomic E-state index is 5.81. The molecule has 0 amide bonds. The van der Waals surface area contributed by atoms with Gasteiger partial charge in [0.1, 0.15) is 0 Å². The number of nitrogen functional groups attached to an aromatic ring is 2. The van der Waals surface area contributed by atoms with Crippen LogP contribution < -0.4 is 20.9 Å². The lowest BCUT2D eigenvalue weighted by Gasteiger charge is -2.09. The second-order valence-electron chi connectivity index (χ2n) is 3.55. The van der Waals surface area contributed by atoms with E-state index < -0.39 is 0 Å². The monoisotopic (exact) mass is 278 g/mol. The lowest BCUT2D eigenvalue weighted by Crippen LogP contribution is -1.95. The predicted octanol–water partition coefficient (Wildman–Crippen LogP) is 3.59. The summed E-state index contributed by atoms with van der Waals surface area (Å²) < 4.78 is 6.31. The highest BCUT2D eigenvalue weighted by Gasteiger charge is 1.99. The van der Waals surface area contributed by atoms with Crippen molar-refractivity contribution in [3.63, 3.8) is 0 Å². The van der Waals surface area contributed by atoms with Gasteiger partial charge in [-0.05, 0) is 24.3 Å². The molecule has 0 fully saturated rings. The number of rotatable bonds is 5. The topological polar surface area (TPSA) is 76.1 Å². The summed E-state index contributed by atoms with van der Waals surface area (Å²) in [5.41, 5.74) is 14.9. The Balaban J connectivity index is 1.80. The van der Waals surface area contributed by atoms with E-state index in [0.29, 0.717) is 0 Å². The number of benzene rings is 2. The van der Waals surface area contributed by atoms with Crippen LogP contribution in [0.3, 0.4) is 0 Å². The molecule has 94 valence electrons. The van der Waals surface area contributed by atoms with Crippen LogP contribution in [0.15, 0.2) is 48.5 Å². The molecule has 0 aliphatic carbocycles. The van der Waals surface area contributed by atoms with Crippen LogP contribution in [0.4, 0.5) is 22.7 Å². The fourth-order valence-corrected chi connectivity index (χ4v) is 2.73. The summed E-state index contributed by atoms with van der Waals surface area (Å²) in [5, 5.41) is 0. The first-order valence-electron chi connectivity index (χ1n) is 5.31. The first kappa shape index (κ1) is 12.8. The van der Waals surface area contributed by atoms with Crippen molar-refractivity contribution in [2.75, 3.05) is 20.9 Å². The van der Waals surface area contributed by atoms with E-state index in [2.05, 4.69) is 9.44 Å². The van der Waals surface area contributed by atoms with Gasteiger partial charge in [-0.2, -0.15) is 0 Å². The van der Waals surface area contributed by atoms with Gasteiger partial charge in [0.05, 0.1) is 22.7 Å². The molecule has 0 heterocycles. The van der Waals surface area contributed by atoms with Gasteiger partial charge in [0.25, 0.3) is 0 Å². The molecule has 2 aromatic carbocycles. The molecule has 0 spiro atoms. The number of nitrogens with two attached hydrogens (primary N) is 2. The molecule has 0 saturated carbocycles. The Morgan fingerprint density at radius 1 is 0.667 bits per heavy atom. The maximum atomic E-state index is 5.81. The van der Waals surface area contributed by atoms with Gasteiger partial charge in [0.2, 0.25) is 0 Å². The Morgan fingerprint density at radius 2 is 1.06 bits per heavy atom. The zero-order valence-electron chi connectivity index (χ0n) is 9.59. The molecule has 18 heavy (non-hydrogen) atoms.